The van der Waals surface area contributed by atoms with E-state index >= 15 is 0 Å². The van der Waals surface area contributed by atoms with Gasteiger partial charge in [-0.25, -0.2) is 8.42 Å². The third-order valence-electron chi connectivity index (χ3n) is 4.23. The Morgan fingerprint density at radius 3 is 2.68 bits per heavy atom. The Balaban J connectivity index is 1.74. The molecule has 1 aromatic carbocycles. The molecule has 25 heavy (non-hydrogen) atoms. The van der Waals surface area contributed by atoms with Gasteiger partial charge in [-0.2, -0.15) is 9.61 Å². The Morgan fingerprint density at radius 1 is 1.20 bits per heavy atom. The van der Waals surface area contributed by atoms with Gasteiger partial charge in [0, 0.05) is 11.5 Å². The fourth-order valence-electron chi connectivity index (χ4n) is 2.94. The summed E-state index contributed by atoms with van der Waals surface area (Å²) in [5.74, 6) is 2.12. The van der Waals surface area contributed by atoms with Crippen LogP contribution in [-0.4, -0.2) is 54.0 Å². The van der Waals surface area contributed by atoms with Crippen LogP contribution >= 0.6 is 11.3 Å². The third kappa shape index (κ3) is 2.85. The molecule has 0 N–H and O–H groups in total. The molecule has 0 unspecified atom stereocenters. The van der Waals surface area contributed by atoms with Gasteiger partial charge in [0.15, 0.2) is 27.2 Å². The Labute approximate surface area is 148 Å². The second kappa shape index (κ2) is 5.95. The lowest BCUT2D eigenvalue weighted by atomic mass is 10.1. The van der Waals surface area contributed by atoms with Gasteiger partial charge in [-0.1, -0.05) is 11.3 Å². The van der Waals surface area contributed by atoms with Crippen molar-refractivity contribution in [1.82, 2.24) is 19.8 Å². The molecule has 1 aliphatic heterocycles. The SMILES string of the molecule is COc1ccc(-c2nnc3sc([C@H]4CCS(=O)(=O)C4)nn23)cc1OC. The molecular weight excluding hydrogens is 364 g/mol. The first-order chi connectivity index (χ1) is 12.0. The van der Waals surface area contributed by atoms with Crippen molar-refractivity contribution in [3.63, 3.8) is 0 Å². The quantitative estimate of drug-likeness (QED) is 0.680. The minimum Gasteiger partial charge on any atom is -0.493 e. The van der Waals surface area contributed by atoms with E-state index in [1.165, 1.54) is 11.3 Å². The molecule has 0 bridgehead atoms. The van der Waals surface area contributed by atoms with Crippen molar-refractivity contribution in [2.75, 3.05) is 25.7 Å². The van der Waals surface area contributed by atoms with Crippen molar-refractivity contribution in [3.05, 3.63) is 23.2 Å². The molecule has 1 fully saturated rings. The number of methoxy groups -OCH3 is 2. The molecule has 1 atom stereocenters. The smallest absolute Gasteiger partial charge is 0.234 e. The molecule has 2 aromatic heterocycles. The van der Waals surface area contributed by atoms with Gasteiger partial charge in [-0.3, -0.25) is 0 Å². The van der Waals surface area contributed by atoms with Gasteiger partial charge in [0.05, 0.1) is 25.7 Å². The summed E-state index contributed by atoms with van der Waals surface area (Å²) in [7, 11) is 0.198. The van der Waals surface area contributed by atoms with Crippen LogP contribution in [0.5, 0.6) is 11.5 Å². The van der Waals surface area contributed by atoms with Crippen molar-refractivity contribution >= 4 is 26.1 Å². The van der Waals surface area contributed by atoms with Gasteiger partial charge >= 0.3 is 0 Å². The highest BCUT2D eigenvalue weighted by atomic mass is 32.2. The summed E-state index contributed by atoms with van der Waals surface area (Å²) in [6.45, 7) is 0. The van der Waals surface area contributed by atoms with Crippen molar-refractivity contribution in [1.29, 1.82) is 0 Å². The zero-order valence-corrected chi connectivity index (χ0v) is 15.3. The van der Waals surface area contributed by atoms with E-state index in [0.29, 0.717) is 28.7 Å². The summed E-state index contributed by atoms with van der Waals surface area (Å²) in [5.41, 5.74) is 0.793. The molecule has 4 rings (SSSR count). The standard InChI is InChI=1S/C15H16N4O4S2/c1-22-11-4-3-9(7-12(11)23-2)13-16-17-15-19(13)18-14(24-15)10-5-6-25(20,21)8-10/h3-4,7,10H,5-6,8H2,1-2H3/t10-/m0/s1. The fourth-order valence-corrected chi connectivity index (χ4v) is 5.77. The van der Waals surface area contributed by atoms with Crippen LogP contribution in [0.4, 0.5) is 0 Å². The Bertz CT molecular complexity index is 1040. The predicted molar refractivity (Wildman–Crippen MR) is 93.2 cm³/mol. The van der Waals surface area contributed by atoms with E-state index < -0.39 is 9.84 Å². The first-order valence-electron chi connectivity index (χ1n) is 7.65. The van der Waals surface area contributed by atoms with Gasteiger partial charge in [-0.05, 0) is 24.6 Å². The second-order valence-corrected chi connectivity index (χ2v) is 9.04. The number of nitrogens with zero attached hydrogens (tertiary/aromatic N) is 4. The molecule has 1 aliphatic rings. The topological polar surface area (TPSA) is 95.7 Å². The molecule has 1 saturated heterocycles. The lowest BCUT2D eigenvalue weighted by molar-refractivity contribution is 0.355. The van der Waals surface area contributed by atoms with Gasteiger partial charge in [-0.15, -0.1) is 10.2 Å². The molecule has 3 aromatic rings. The summed E-state index contributed by atoms with van der Waals surface area (Å²) < 4.78 is 35.6. The average Bonchev–Trinajstić information content (AvgIpc) is 3.27. The summed E-state index contributed by atoms with van der Waals surface area (Å²) in [6, 6.07) is 5.47. The highest BCUT2D eigenvalue weighted by Gasteiger charge is 2.32. The van der Waals surface area contributed by atoms with Crippen molar-refractivity contribution in [2.24, 2.45) is 0 Å². The Kier molecular flexibility index (Phi) is 3.88. The van der Waals surface area contributed by atoms with E-state index in [2.05, 4.69) is 15.3 Å². The lowest BCUT2D eigenvalue weighted by Crippen LogP contribution is -2.04. The summed E-state index contributed by atoms with van der Waals surface area (Å²) in [4.78, 5) is 0.643. The van der Waals surface area contributed by atoms with E-state index in [1.54, 1.807) is 24.8 Å². The largest absolute Gasteiger partial charge is 0.493 e. The van der Waals surface area contributed by atoms with Gasteiger partial charge < -0.3 is 9.47 Å². The highest BCUT2D eigenvalue weighted by molar-refractivity contribution is 7.91. The van der Waals surface area contributed by atoms with Crippen molar-refractivity contribution in [3.8, 4) is 22.9 Å². The van der Waals surface area contributed by atoms with Crippen LogP contribution in [0, 0.1) is 0 Å². The van der Waals surface area contributed by atoms with E-state index in [4.69, 9.17) is 9.47 Å². The molecule has 0 radical (unpaired) electrons. The molecule has 0 aliphatic carbocycles. The highest BCUT2D eigenvalue weighted by Crippen LogP contribution is 2.34. The first kappa shape index (κ1) is 16.3. The Morgan fingerprint density at radius 2 is 2.00 bits per heavy atom. The van der Waals surface area contributed by atoms with Gasteiger partial charge in [0.1, 0.15) is 5.01 Å². The Hall–Kier alpha value is -2.20. The van der Waals surface area contributed by atoms with Crippen LogP contribution in [0.2, 0.25) is 0 Å². The van der Waals surface area contributed by atoms with E-state index in [9.17, 15) is 8.42 Å². The van der Waals surface area contributed by atoms with Crippen LogP contribution in [0.1, 0.15) is 17.3 Å². The van der Waals surface area contributed by atoms with Gasteiger partial charge in [0.2, 0.25) is 4.96 Å². The number of ether oxygens (including phenoxy) is 2. The van der Waals surface area contributed by atoms with E-state index in [0.717, 1.165) is 10.6 Å². The summed E-state index contributed by atoms with van der Waals surface area (Å²) in [6.07, 6.45) is 0.609. The predicted octanol–water partition coefficient (Wildman–Crippen LogP) is 1.77. The van der Waals surface area contributed by atoms with Crippen molar-refractivity contribution < 1.29 is 17.9 Å². The maximum Gasteiger partial charge on any atom is 0.234 e. The van der Waals surface area contributed by atoms with Crippen LogP contribution in [0.3, 0.4) is 0 Å². The first-order valence-corrected chi connectivity index (χ1v) is 10.3. The van der Waals surface area contributed by atoms with Crippen LogP contribution in [0.15, 0.2) is 18.2 Å². The summed E-state index contributed by atoms with van der Waals surface area (Å²) in [5, 5.41) is 13.7. The second-order valence-electron chi connectivity index (χ2n) is 5.83. The molecule has 0 amide bonds. The number of rotatable bonds is 4. The van der Waals surface area contributed by atoms with Crippen LogP contribution < -0.4 is 9.47 Å². The molecule has 10 heteroatoms. The normalized spacial score (nSPS) is 19.4. The minimum atomic E-state index is -2.95. The van der Waals surface area contributed by atoms with E-state index in [1.807, 2.05) is 12.1 Å². The minimum absolute atomic E-state index is 0.0602. The molecular formula is C15H16N4O4S2. The number of hydrogen-bond donors (Lipinski definition) is 0. The van der Waals surface area contributed by atoms with Crippen LogP contribution in [0.25, 0.3) is 16.3 Å². The number of hydrogen-bond acceptors (Lipinski definition) is 8. The molecule has 3 heterocycles. The zero-order chi connectivity index (χ0) is 17.6. The number of aromatic nitrogens is 4. The zero-order valence-electron chi connectivity index (χ0n) is 13.7. The monoisotopic (exact) mass is 380 g/mol. The van der Waals surface area contributed by atoms with Gasteiger partial charge in [0.25, 0.3) is 0 Å². The molecule has 8 nitrogen and oxygen atoms in total. The lowest BCUT2D eigenvalue weighted by Gasteiger charge is -2.08. The number of sulfone groups is 1. The maximum absolute atomic E-state index is 11.7. The summed E-state index contributed by atoms with van der Waals surface area (Å²) >= 11 is 1.39. The van der Waals surface area contributed by atoms with E-state index in [-0.39, 0.29) is 17.4 Å². The van der Waals surface area contributed by atoms with Crippen LogP contribution in [-0.2, 0) is 9.84 Å². The maximum atomic E-state index is 11.7. The molecule has 0 saturated carbocycles. The number of fused-ring (bicyclic) bond motifs is 1. The fraction of sp³-hybridized carbons (Fsp3) is 0.400. The molecule has 132 valence electrons. The third-order valence-corrected chi connectivity index (χ3v) is 7.06. The average molecular weight is 380 g/mol. The van der Waals surface area contributed by atoms with Crippen molar-refractivity contribution in [2.45, 2.75) is 12.3 Å². The molecule has 0 spiro atoms. The number of benzene rings is 1.